The van der Waals surface area contributed by atoms with E-state index in [4.69, 9.17) is 16.3 Å². The van der Waals surface area contributed by atoms with E-state index >= 15 is 0 Å². The van der Waals surface area contributed by atoms with Crippen molar-refractivity contribution in [1.82, 2.24) is 0 Å². The van der Waals surface area contributed by atoms with E-state index in [0.717, 1.165) is 23.1 Å². The molecule has 1 nitrogen and oxygen atoms in total. The molecule has 2 aliphatic carbocycles. The van der Waals surface area contributed by atoms with Gasteiger partial charge in [0.1, 0.15) is 11.9 Å². The summed E-state index contributed by atoms with van der Waals surface area (Å²) in [5, 5.41) is 3.33. The zero-order valence-corrected chi connectivity index (χ0v) is 17.9. The number of hydrogen-bond acceptors (Lipinski definition) is 1. The van der Waals surface area contributed by atoms with Crippen molar-refractivity contribution in [3.8, 4) is 5.75 Å². The molecule has 2 unspecified atom stereocenters. The van der Waals surface area contributed by atoms with E-state index in [-0.39, 0.29) is 6.10 Å². The Kier molecular flexibility index (Phi) is 4.57. The van der Waals surface area contributed by atoms with Gasteiger partial charge >= 0.3 is 0 Å². The van der Waals surface area contributed by atoms with Crippen LogP contribution in [-0.4, -0.2) is 6.10 Å². The fraction of sp³-hybridized carbons (Fsp3) is 0.200. The summed E-state index contributed by atoms with van der Waals surface area (Å²) in [5.74, 6) is 1.23. The average molecular weight is 452 g/mol. The van der Waals surface area contributed by atoms with Gasteiger partial charge in [-0.3, -0.25) is 0 Å². The molecule has 0 radical (unpaired) electrons. The van der Waals surface area contributed by atoms with Crippen LogP contribution in [-0.2, 0) is 6.42 Å². The van der Waals surface area contributed by atoms with Gasteiger partial charge in [-0.25, -0.2) is 0 Å². The fourth-order valence-electron chi connectivity index (χ4n) is 4.49. The van der Waals surface area contributed by atoms with Gasteiger partial charge in [0.25, 0.3) is 0 Å². The standard InChI is InChI=1S/C25H20BrClO/c1-15-13-22-18-6-3-2-5-16(18)9-11-20(22)19-12-10-17(14-21(15)19)28-24-8-4-7-23(26)25(24)27/h2-12,15,17H,13-14H2,1H3. The van der Waals surface area contributed by atoms with Crippen LogP contribution in [0.4, 0.5) is 0 Å². The molecule has 3 aromatic carbocycles. The van der Waals surface area contributed by atoms with Crippen LogP contribution in [0, 0.1) is 5.92 Å². The second-order valence-corrected chi connectivity index (χ2v) is 8.86. The lowest BCUT2D eigenvalue weighted by atomic mass is 9.74. The largest absolute Gasteiger partial charge is 0.484 e. The molecule has 2 aliphatic rings. The summed E-state index contributed by atoms with van der Waals surface area (Å²) >= 11 is 9.87. The third-order valence-electron chi connectivity index (χ3n) is 5.88. The first-order chi connectivity index (χ1) is 13.6. The summed E-state index contributed by atoms with van der Waals surface area (Å²) in [7, 11) is 0. The van der Waals surface area contributed by atoms with Gasteiger partial charge in [0.2, 0.25) is 0 Å². The number of fused-ring (bicyclic) bond motifs is 4. The number of ether oxygens (including phenoxy) is 1. The second kappa shape index (κ2) is 7.09. The second-order valence-electron chi connectivity index (χ2n) is 7.63. The smallest absolute Gasteiger partial charge is 0.139 e. The molecule has 0 N–H and O–H groups in total. The van der Waals surface area contributed by atoms with Crippen molar-refractivity contribution in [3.63, 3.8) is 0 Å². The summed E-state index contributed by atoms with van der Waals surface area (Å²) in [6.45, 7) is 2.34. The predicted molar refractivity (Wildman–Crippen MR) is 121 cm³/mol. The maximum atomic E-state index is 6.39. The normalized spacial score (nSPS) is 20.8. The van der Waals surface area contributed by atoms with E-state index in [2.05, 4.69) is 71.4 Å². The average Bonchev–Trinajstić information content (AvgIpc) is 2.71. The monoisotopic (exact) mass is 450 g/mol. The Hall–Kier alpha value is -2.03. The van der Waals surface area contributed by atoms with E-state index in [1.54, 1.807) is 0 Å². The van der Waals surface area contributed by atoms with Crippen LogP contribution in [0.15, 0.2) is 76.8 Å². The molecule has 0 spiro atoms. The Balaban J connectivity index is 1.50. The molecule has 0 fully saturated rings. The van der Waals surface area contributed by atoms with Crippen molar-refractivity contribution in [1.29, 1.82) is 0 Å². The van der Waals surface area contributed by atoms with Gasteiger partial charge in [-0.15, -0.1) is 0 Å². The molecular formula is C25H20BrClO. The van der Waals surface area contributed by atoms with Crippen LogP contribution in [0.2, 0.25) is 5.02 Å². The molecule has 0 saturated heterocycles. The highest BCUT2D eigenvalue weighted by Gasteiger charge is 2.29. The zero-order valence-electron chi connectivity index (χ0n) is 15.6. The highest BCUT2D eigenvalue weighted by molar-refractivity contribution is 9.10. The topological polar surface area (TPSA) is 9.23 Å². The van der Waals surface area contributed by atoms with Gasteiger partial charge < -0.3 is 4.74 Å². The Bertz CT molecular complexity index is 1140. The summed E-state index contributed by atoms with van der Waals surface area (Å²) in [4.78, 5) is 0. The number of rotatable bonds is 2. The fourth-order valence-corrected chi connectivity index (χ4v) is 5.01. The minimum atomic E-state index is 0.00927. The summed E-state index contributed by atoms with van der Waals surface area (Å²) in [6.07, 6.45) is 6.41. The molecule has 3 aromatic rings. The lowest BCUT2D eigenvalue weighted by Gasteiger charge is -2.33. The lowest BCUT2D eigenvalue weighted by molar-refractivity contribution is 0.244. The van der Waals surface area contributed by atoms with E-state index in [9.17, 15) is 0 Å². The quantitative estimate of drug-likeness (QED) is 0.389. The van der Waals surface area contributed by atoms with Gasteiger partial charge in [0.05, 0.1) is 5.02 Å². The molecule has 5 rings (SSSR count). The number of halogens is 2. The van der Waals surface area contributed by atoms with Crippen LogP contribution in [0.5, 0.6) is 5.75 Å². The van der Waals surface area contributed by atoms with Crippen LogP contribution >= 0.6 is 27.5 Å². The molecule has 0 amide bonds. The van der Waals surface area contributed by atoms with Crippen molar-refractivity contribution in [2.45, 2.75) is 25.9 Å². The van der Waals surface area contributed by atoms with Crippen molar-refractivity contribution in [2.24, 2.45) is 5.92 Å². The van der Waals surface area contributed by atoms with Crippen molar-refractivity contribution >= 4 is 43.9 Å². The number of allylic oxidation sites excluding steroid dienone is 2. The summed E-state index contributed by atoms with van der Waals surface area (Å²) in [5.41, 5.74) is 5.71. The van der Waals surface area contributed by atoms with Crippen molar-refractivity contribution in [2.75, 3.05) is 0 Å². The Morgan fingerprint density at radius 1 is 1.00 bits per heavy atom. The third-order valence-corrected chi connectivity index (χ3v) is 7.15. The predicted octanol–water partition coefficient (Wildman–Crippen LogP) is 7.61. The molecular weight excluding hydrogens is 432 g/mol. The first kappa shape index (κ1) is 18.0. The lowest BCUT2D eigenvalue weighted by Crippen LogP contribution is -2.24. The highest BCUT2D eigenvalue weighted by Crippen LogP contribution is 2.43. The van der Waals surface area contributed by atoms with E-state index in [1.165, 1.54) is 33.0 Å². The number of hydrogen-bond donors (Lipinski definition) is 0. The molecule has 0 saturated carbocycles. The number of benzene rings is 3. The maximum absolute atomic E-state index is 6.39. The van der Waals surface area contributed by atoms with Gasteiger partial charge in [-0.1, -0.05) is 72.6 Å². The molecule has 2 atom stereocenters. The van der Waals surface area contributed by atoms with Crippen LogP contribution in [0.3, 0.4) is 0 Å². The Morgan fingerprint density at radius 3 is 2.75 bits per heavy atom. The Morgan fingerprint density at radius 2 is 1.86 bits per heavy atom. The molecule has 0 aromatic heterocycles. The molecule has 3 heteroatoms. The first-order valence-electron chi connectivity index (χ1n) is 9.64. The minimum Gasteiger partial charge on any atom is -0.484 e. The summed E-state index contributed by atoms with van der Waals surface area (Å²) < 4.78 is 7.10. The third kappa shape index (κ3) is 3.00. The molecule has 140 valence electrons. The van der Waals surface area contributed by atoms with Crippen LogP contribution < -0.4 is 4.74 Å². The maximum Gasteiger partial charge on any atom is 0.139 e. The van der Waals surface area contributed by atoms with Crippen LogP contribution in [0.1, 0.15) is 24.5 Å². The highest BCUT2D eigenvalue weighted by atomic mass is 79.9. The van der Waals surface area contributed by atoms with Gasteiger partial charge in [0, 0.05) is 10.9 Å². The van der Waals surface area contributed by atoms with Gasteiger partial charge in [-0.05, 0) is 73.9 Å². The molecule has 28 heavy (non-hydrogen) atoms. The first-order valence-corrected chi connectivity index (χ1v) is 10.8. The molecule has 0 heterocycles. The minimum absolute atomic E-state index is 0.00927. The Labute approximate surface area is 178 Å². The zero-order chi connectivity index (χ0) is 19.3. The summed E-state index contributed by atoms with van der Waals surface area (Å²) in [6, 6.07) is 19.0. The molecule has 0 bridgehead atoms. The SMILES string of the molecule is CC1Cc2c(ccc3ccccc23)C2=C1CC(Oc1cccc(Br)c1Cl)C=C2. The van der Waals surface area contributed by atoms with E-state index < -0.39 is 0 Å². The van der Waals surface area contributed by atoms with Crippen LogP contribution in [0.25, 0.3) is 16.3 Å². The van der Waals surface area contributed by atoms with Crippen molar-refractivity contribution < 1.29 is 4.74 Å². The van der Waals surface area contributed by atoms with Gasteiger partial charge in [-0.2, -0.15) is 0 Å². The van der Waals surface area contributed by atoms with Crippen molar-refractivity contribution in [3.05, 3.63) is 92.9 Å². The van der Waals surface area contributed by atoms with Gasteiger partial charge in [0.15, 0.2) is 0 Å². The van der Waals surface area contributed by atoms with E-state index in [1.807, 2.05) is 18.2 Å². The van der Waals surface area contributed by atoms with E-state index in [0.29, 0.717) is 10.9 Å². The molecule has 0 aliphatic heterocycles.